The third-order valence-corrected chi connectivity index (χ3v) is 5.80. The number of aromatic nitrogens is 5. The van der Waals surface area contributed by atoms with Gasteiger partial charge < -0.3 is 4.90 Å². The number of hydrogen-bond acceptors (Lipinski definition) is 4. The molecule has 1 unspecified atom stereocenters. The van der Waals surface area contributed by atoms with E-state index in [9.17, 15) is 9.59 Å². The Balaban J connectivity index is 1.61. The molecule has 0 radical (unpaired) electrons. The minimum atomic E-state index is -0.0588. The van der Waals surface area contributed by atoms with Crippen molar-refractivity contribution in [1.82, 2.24) is 29.0 Å². The van der Waals surface area contributed by atoms with Gasteiger partial charge in [0.05, 0.1) is 5.69 Å². The molecule has 0 N–H and O–H groups in total. The first-order valence-corrected chi connectivity index (χ1v) is 9.74. The van der Waals surface area contributed by atoms with E-state index in [2.05, 4.69) is 17.1 Å². The molecule has 1 atom stereocenters. The highest BCUT2D eigenvalue weighted by Crippen LogP contribution is 2.20. The molecule has 27 heavy (non-hydrogen) atoms. The van der Waals surface area contributed by atoms with Crippen LogP contribution in [0, 0.1) is 19.8 Å². The lowest BCUT2D eigenvalue weighted by atomic mass is 9.98. The van der Waals surface area contributed by atoms with Crippen molar-refractivity contribution in [3.05, 3.63) is 33.3 Å². The lowest BCUT2D eigenvalue weighted by Gasteiger charge is -2.23. The van der Waals surface area contributed by atoms with E-state index >= 15 is 0 Å². The van der Waals surface area contributed by atoms with Crippen molar-refractivity contribution in [2.75, 3.05) is 13.6 Å². The minimum absolute atomic E-state index is 0.0535. The van der Waals surface area contributed by atoms with Crippen LogP contribution in [0.15, 0.2) is 4.79 Å². The molecule has 0 bridgehead atoms. The molecule has 3 rings (SSSR count). The number of aryl methyl sites for hydroxylation is 4. The quantitative estimate of drug-likeness (QED) is 0.784. The first kappa shape index (κ1) is 19.4. The van der Waals surface area contributed by atoms with Gasteiger partial charge >= 0.3 is 5.69 Å². The van der Waals surface area contributed by atoms with Gasteiger partial charge in [-0.05, 0) is 45.6 Å². The molecule has 1 aliphatic heterocycles. The van der Waals surface area contributed by atoms with Crippen molar-refractivity contribution in [2.24, 2.45) is 13.0 Å². The van der Waals surface area contributed by atoms with Crippen LogP contribution in [0.5, 0.6) is 0 Å². The zero-order valence-corrected chi connectivity index (χ0v) is 17.0. The van der Waals surface area contributed by atoms with Crippen molar-refractivity contribution in [2.45, 2.75) is 59.5 Å². The fraction of sp³-hybridized carbons (Fsp3) is 0.684. The lowest BCUT2D eigenvalue weighted by molar-refractivity contribution is -0.134. The third-order valence-electron chi connectivity index (χ3n) is 5.80. The predicted octanol–water partition coefficient (Wildman–Crippen LogP) is 1.07. The zero-order valence-electron chi connectivity index (χ0n) is 17.0. The summed E-state index contributed by atoms with van der Waals surface area (Å²) >= 11 is 0. The molecule has 1 aliphatic rings. The number of fused-ring (bicyclic) bond motifs is 1. The smallest absolute Gasteiger partial charge is 0.345 e. The summed E-state index contributed by atoms with van der Waals surface area (Å²) < 4.78 is 5.13. The fourth-order valence-electron chi connectivity index (χ4n) is 3.96. The van der Waals surface area contributed by atoms with Crippen LogP contribution in [-0.4, -0.2) is 48.5 Å². The van der Waals surface area contributed by atoms with Gasteiger partial charge in [0.15, 0.2) is 0 Å². The molecule has 2 aromatic rings. The van der Waals surface area contributed by atoms with Crippen LogP contribution in [0.3, 0.4) is 0 Å². The van der Waals surface area contributed by atoms with Crippen LogP contribution in [0.2, 0.25) is 0 Å². The molecule has 1 amide bonds. The first-order valence-electron chi connectivity index (χ1n) is 9.74. The summed E-state index contributed by atoms with van der Waals surface area (Å²) in [6.45, 7) is 7.82. The predicted molar refractivity (Wildman–Crippen MR) is 103 cm³/mol. The number of likely N-dealkylation sites (N-methyl/N-ethyl adjacent to an activating group) is 1. The second-order valence-corrected chi connectivity index (χ2v) is 7.47. The average molecular weight is 374 g/mol. The van der Waals surface area contributed by atoms with Crippen molar-refractivity contribution in [3.8, 4) is 0 Å². The van der Waals surface area contributed by atoms with Gasteiger partial charge in [0, 0.05) is 51.8 Å². The van der Waals surface area contributed by atoms with Crippen LogP contribution < -0.4 is 5.69 Å². The molecule has 0 aliphatic carbocycles. The highest BCUT2D eigenvalue weighted by molar-refractivity contribution is 5.78. The molecule has 0 saturated carbocycles. The maximum Gasteiger partial charge on any atom is 0.345 e. The van der Waals surface area contributed by atoms with Gasteiger partial charge in [0.1, 0.15) is 5.82 Å². The Hall–Kier alpha value is -2.38. The Morgan fingerprint density at radius 3 is 2.63 bits per heavy atom. The largest absolute Gasteiger partial charge is 0.345 e. The molecule has 8 heteroatoms. The van der Waals surface area contributed by atoms with Crippen molar-refractivity contribution < 1.29 is 4.79 Å². The molecular formula is C19H30N6O2. The Kier molecular flexibility index (Phi) is 5.53. The maximum absolute atomic E-state index is 12.9. The Bertz CT molecular complexity index is 891. The molecule has 148 valence electrons. The van der Waals surface area contributed by atoms with E-state index in [0.717, 1.165) is 30.1 Å². The van der Waals surface area contributed by atoms with Gasteiger partial charge in [-0.25, -0.2) is 9.48 Å². The molecule has 0 aromatic carbocycles. The van der Waals surface area contributed by atoms with Gasteiger partial charge in [-0.3, -0.25) is 14.0 Å². The summed E-state index contributed by atoms with van der Waals surface area (Å²) in [7, 11) is 3.82. The Labute approximate surface area is 159 Å². The number of carbonyl (C=O) groups is 1. The van der Waals surface area contributed by atoms with E-state index in [0.29, 0.717) is 32.5 Å². The Morgan fingerprint density at radius 2 is 2.00 bits per heavy atom. The highest BCUT2D eigenvalue weighted by atomic mass is 16.2. The van der Waals surface area contributed by atoms with Crippen LogP contribution in [0.1, 0.15) is 42.5 Å². The second-order valence-electron chi connectivity index (χ2n) is 7.47. The second kappa shape index (κ2) is 7.70. The van der Waals surface area contributed by atoms with Crippen LogP contribution in [0.4, 0.5) is 0 Å². The van der Waals surface area contributed by atoms with Crippen LogP contribution in [0.25, 0.3) is 0 Å². The van der Waals surface area contributed by atoms with E-state index in [-0.39, 0.29) is 17.5 Å². The summed E-state index contributed by atoms with van der Waals surface area (Å²) in [5.74, 6) is 0.916. The monoisotopic (exact) mass is 374 g/mol. The van der Waals surface area contributed by atoms with Crippen LogP contribution in [-0.2, 0) is 37.8 Å². The van der Waals surface area contributed by atoms with Crippen LogP contribution >= 0.6 is 0 Å². The molecule has 0 saturated heterocycles. The van der Waals surface area contributed by atoms with E-state index < -0.39 is 0 Å². The molecule has 3 heterocycles. The van der Waals surface area contributed by atoms with E-state index in [1.54, 1.807) is 4.57 Å². The van der Waals surface area contributed by atoms with Gasteiger partial charge in [0.2, 0.25) is 5.91 Å². The topological polar surface area (TPSA) is 78.0 Å². The van der Waals surface area contributed by atoms with Crippen molar-refractivity contribution in [3.63, 3.8) is 0 Å². The van der Waals surface area contributed by atoms with Gasteiger partial charge in [0.25, 0.3) is 0 Å². The van der Waals surface area contributed by atoms with Gasteiger partial charge in [-0.15, -0.1) is 0 Å². The summed E-state index contributed by atoms with van der Waals surface area (Å²) in [5, 5.41) is 8.85. The van der Waals surface area contributed by atoms with E-state index in [4.69, 9.17) is 0 Å². The maximum atomic E-state index is 12.9. The zero-order chi connectivity index (χ0) is 19.7. The van der Waals surface area contributed by atoms with Crippen molar-refractivity contribution in [1.29, 1.82) is 0 Å². The number of nitrogens with zero attached hydrogens (tertiary/aromatic N) is 6. The van der Waals surface area contributed by atoms with Gasteiger partial charge in [-0.1, -0.05) is 0 Å². The standard InChI is InChI=1S/C19H30N6O2/c1-6-25-19(27)24-12-9-15(7-8-17(24)21-25)18(26)22(4)11-10-16-13(2)20-23(5)14(16)3/h15H,6-12H2,1-5H3. The minimum Gasteiger partial charge on any atom is -0.345 e. The van der Waals surface area contributed by atoms with Gasteiger partial charge in [-0.2, -0.15) is 10.2 Å². The summed E-state index contributed by atoms with van der Waals surface area (Å²) in [6, 6.07) is 0. The third kappa shape index (κ3) is 3.70. The number of carbonyl (C=O) groups excluding carboxylic acids is 1. The summed E-state index contributed by atoms with van der Waals surface area (Å²) in [6.07, 6.45) is 2.92. The normalized spacial score (nSPS) is 16.9. The number of rotatable bonds is 5. The molecule has 2 aromatic heterocycles. The highest BCUT2D eigenvalue weighted by Gasteiger charge is 2.27. The molecule has 8 nitrogen and oxygen atoms in total. The molecular weight excluding hydrogens is 344 g/mol. The van der Waals surface area contributed by atoms with E-state index in [1.807, 2.05) is 37.5 Å². The summed E-state index contributed by atoms with van der Waals surface area (Å²) in [4.78, 5) is 27.0. The number of hydrogen-bond donors (Lipinski definition) is 0. The fourth-order valence-corrected chi connectivity index (χ4v) is 3.96. The molecule has 0 spiro atoms. The number of amides is 1. The summed E-state index contributed by atoms with van der Waals surface area (Å²) in [5.41, 5.74) is 3.35. The SMILES string of the molecule is CCn1nc2n(c1=O)CCC(C(=O)N(C)CCc1c(C)nn(C)c1C)CC2. The average Bonchev–Trinajstić information content (AvgIpc) is 2.97. The first-order chi connectivity index (χ1) is 12.8. The Morgan fingerprint density at radius 1 is 1.26 bits per heavy atom. The molecule has 0 fully saturated rings. The van der Waals surface area contributed by atoms with E-state index in [1.165, 1.54) is 10.2 Å². The van der Waals surface area contributed by atoms with Crippen molar-refractivity contribution >= 4 is 5.91 Å². The lowest BCUT2D eigenvalue weighted by Crippen LogP contribution is -2.35.